The molecule has 2 rings (SSSR count). The van der Waals surface area contributed by atoms with E-state index in [0.29, 0.717) is 18.5 Å². The summed E-state index contributed by atoms with van der Waals surface area (Å²) in [6, 6.07) is 0. The molecule has 1 saturated carbocycles. The number of carbonyl (C=O) groups is 1. The number of aliphatic carboxylic acids is 1. The zero-order chi connectivity index (χ0) is 11.6. The number of rotatable bonds is 3. The van der Waals surface area contributed by atoms with Crippen LogP contribution in [0.5, 0.6) is 0 Å². The zero-order valence-electron chi connectivity index (χ0n) is 9.02. The van der Waals surface area contributed by atoms with Crippen LogP contribution in [0.25, 0.3) is 0 Å². The van der Waals surface area contributed by atoms with Crippen molar-refractivity contribution < 1.29 is 15.0 Å². The number of hydrogen-bond donors (Lipinski definition) is 3. The van der Waals surface area contributed by atoms with Crippen molar-refractivity contribution in [2.45, 2.75) is 37.7 Å². The fourth-order valence-corrected chi connectivity index (χ4v) is 2.38. The largest absolute Gasteiger partial charge is 0.481 e. The molecule has 0 atom stereocenters. The molecule has 1 aromatic heterocycles. The summed E-state index contributed by atoms with van der Waals surface area (Å²) in [6.45, 7) is 0. The van der Waals surface area contributed by atoms with Gasteiger partial charge in [0.2, 0.25) is 0 Å². The SMILES string of the molecule is O=C(O)C[C@H]1CC[C@](O)(c2c[nH]cn2)CC1. The van der Waals surface area contributed by atoms with Crippen LogP contribution in [0.1, 0.15) is 37.8 Å². The van der Waals surface area contributed by atoms with Crippen LogP contribution in [0, 0.1) is 5.92 Å². The average molecular weight is 224 g/mol. The monoisotopic (exact) mass is 224 g/mol. The van der Waals surface area contributed by atoms with Gasteiger partial charge in [-0.05, 0) is 31.6 Å². The molecule has 1 aliphatic rings. The van der Waals surface area contributed by atoms with Crippen molar-refractivity contribution in [3.05, 3.63) is 18.2 Å². The fourth-order valence-electron chi connectivity index (χ4n) is 2.38. The first-order valence-corrected chi connectivity index (χ1v) is 5.53. The third-order valence-corrected chi connectivity index (χ3v) is 3.37. The molecule has 5 nitrogen and oxygen atoms in total. The Bertz CT molecular complexity index is 353. The van der Waals surface area contributed by atoms with E-state index in [1.54, 1.807) is 12.5 Å². The van der Waals surface area contributed by atoms with Gasteiger partial charge in [-0.15, -0.1) is 0 Å². The predicted octanol–water partition coefficient (Wildman–Crippen LogP) is 1.26. The molecule has 0 bridgehead atoms. The van der Waals surface area contributed by atoms with Gasteiger partial charge >= 0.3 is 5.97 Å². The van der Waals surface area contributed by atoms with E-state index in [0.717, 1.165) is 12.8 Å². The lowest BCUT2D eigenvalue weighted by molar-refractivity contribution is -0.139. The van der Waals surface area contributed by atoms with Gasteiger partial charge in [0.1, 0.15) is 5.60 Å². The number of carboxylic acids is 1. The molecule has 5 heteroatoms. The summed E-state index contributed by atoms with van der Waals surface area (Å²) >= 11 is 0. The van der Waals surface area contributed by atoms with E-state index in [9.17, 15) is 9.90 Å². The standard InChI is InChI=1S/C11H16N2O3/c14-10(15)5-8-1-3-11(16,4-2-8)9-6-12-7-13-9/h6-8,16H,1-5H2,(H,12,13)(H,14,15)/t8-,11+. The Balaban J connectivity index is 1.96. The van der Waals surface area contributed by atoms with Crippen LogP contribution in [0.15, 0.2) is 12.5 Å². The van der Waals surface area contributed by atoms with E-state index in [1.165, 1.54) is 0 Å². The Morgan fingerprint density at radius 2 is 2.25 bits per heavy atom. The Morgan fingerprint density at radius 1 is 1.56 bits per heavy atom. The molecule has 0 spiro atoms. The van der Waals surface area contributed by atoms with Crippen LogP contribution in [0.4, 0.5) is 0 Å². The Labute approximate surface area is 93.5 Å². The number of hydrogen-bond acceptors (Lipinski definition) is 3. The highest BCUT2D eigenvalue weighted by Crippen LogP contribution is 2.39. The number of carboxylic acid groups (broad SMARTS) is 1. The number of nitrogens with zero attached hydrogens (tertiary/aromatic N) is 1. The minimum atomic E-state index is -0.866. The summed E-state index contributed by atoms with van der Waals surface area (Å²) < 4.78 is 0. The molecule has 0 aliphatic heterocycles. The fraction of sp³-hybridized carbons (Fsp3) is 0.636. The normalized spacial score (nSPS) is 30.2. The zero-order valence-corrected chi connectivity index (χ0v) is 9.02. The van der Waals surface area contributed by atoms with Crippen LogP contribution in [0.2, 0.25) is 0 Å². The molecule has 1 aromatic rings. The molecular weight excluding hydrogens is 208 g/mol. The van der Waals surface area contributed by atoms with Crippen molar-refractivity contribution >= 4 is 5.97 Å². The van der Waals surface area contributed by atoms with Crippen molar-refractivity contribution in [2.75, 3.05) is 0 Å². The third kappa shape index (κ3) is 2.24. The molecule has 88 valence electrons. The quantitative estimate of drug-likeness (QED) is 0.721. The maximum atomic E-state index is 10.6. The molecule has 1 heterocycles. The van der Waals surface area contributed by atoms with E-state index >= 15 is 0 Å². The highest BCUT2D eigenvalue weighted by Gasteiger charge is 2.36. The lowest BCUT2D eigenvalue weighted by Gasteiger charge is -2.34. The average Bonchev–Trinajstić information content (AvgIpc) is 2.75. The molecule has 0 aromatic carbocycles. The molecule has 0 unspecified atom stereocenters. The van der Waals surface area contributed by atoms with Gasteiger partial charge in [0.15, 0.2) is 0 Å². The van der Waals surface area contributed by atoms with Crippen molar-refractivity contribution in [1.82, 2.24) is 9.97 Å². The van der Waals surface area contributed by atoms with Gasteiger partial charge in [-0.25, -0.2) is 4.98 Å². The summed E-state index contributed by atoms with van der Waals surface area (Å²) in [6.07, 6.45) is 6.14. The second-order valence-electron chi connectivity index (χ2n) is 4.53. The van der Waals surface area contributed by atoms with Crippen LogP contribution in [0.3, 0.4) is 0 Å². The number of aromatic amines is 1. The minimum Gasteiger partial charge on any atom is -0.481 e. The summed E-state index contributed by atoms with van der Waals surface area (Å²) in [5.74, 6) is -0.563. The van der Waals surface area contributed by atoms with Crippen molar-refractivity contribution in [3.8, 4) is 0 Å². The minimum absolute atomic E-state index is 0.191. The maximum absolute atomic E-state index is 10.6. The second-order valence-corrected chi connectivity index (χ2v) is 4.53. The van der Waals surface area contributed by atoms with E-state index in [4.69, 9.17) is 5.11 Å². The van der Waals surface area contributed by atoms with Gasteiger partial charge in [0.25, 0.3) is 0 Å². The first-order valence-electron chi connectivity index (χ1n) is 5.53. The molecule has 1 fully saturated rings. The molecular formula is C11H16N2O3. The molecule has 1 aliphatic carbocycles. The van der Waals surface area contributed by atoms with E-state index in [2.05, 4.69) is 9.97 Å². The molecule has 16 heavy (non-hydrogen) atoms. The van der Waals surface area contributed by atoms with Gasteiger partial charge in [-0.3, -0.25) is 4.79 Å². The summed E-state index contributed by atoms with van der Waals surface area (Å²) in [5, 5.41) is 19.1. The van der Waals surface area contributed by atoms with Crippen LogP contribution in [-0.4, -0.2) is 26.2 Å². The topological polar surface area (TPSA) is 86.2 Å². The molecule has 0 saturated heterocycles. The Morgan fingerprint density at radius 3 is 2.75 bits per heavy atom. The lowest BCUT2D eigenvalue weighted by Crippen LogP contribution is -2.32. The summed E-state index contributed by atoms with van der Waals surface area (Å²) in [5.41, 5.74) is -0.198. The van der Waals surface area contributed by atoms with E-state index < -0.39 is 11.6 Å². The molecule has 3 N–H and O–H groups in total. The Hall–Kier alpha value is -1.36. The lowest BCUT2D eigenvalue weighted by atomic mass is 9.76. The van der Waals surface area contributed by atoms with Crippen molar-refractivity contribution in [3.63, 3.8) is 0 Å². The second kappa shape index (κ2) is 4.25. The number of H-pyrrole nitrogens is 1. The molecule has 0 radical (unpaired) electrons. The van der Waals surface area contributed by atoms with Crippen molar-refractivity contribution in [1.29, 1.82) is 0 Å². The van der Waals surface area contributed by atoms with Gasteiger partial charge < -0.3 is 15.2 Å². The van der Waals surface area contributed by atoms with Crippen molar-refractivity contribution in [2.24, 2.45) is 5.92 Å². The Kier molecular flexibility index (Phi) is 2.96. The highest BCUT2D eigenvalue weighted by molar-refractivity contribution is 5.67. The van der Waals surface area contributed by atoms with Gasteiger partial charge in [0.05, 0.1) is 12.0 Å². The van der Waals surface area contributed by atoms with Gasteiger partial charge in [0, 0.05) is 12.6 Å². The predicted molar refractivity (Wildman–Crippen MR) is 56.7 cm³/mol. The summed E-state index contributed by atoms with van der Waals surface area (Å²) in [4.78, 5) is 17.5. The van der Waals surface area contributed by atoms with E-state index in [-0.39, 0.29) is 12.3 Å². The third-order valence-electron chi connectivity index (χ3n) is 3.37. The maximum Gasteiger partial charge on any atom is 0.303 e. The first kappa shape index (κ1) is 11.1. The number of imidazole rings is 1. The highest BCUT2D eigenvalue weighted by atomic mass is 16.4. The van der Waals surface area contributed by atoms with Crippen LogP contribution < -0.4 is 0 Å². The van der Waals surface area contributed by atoms with E-state index in [1.807, 2.05) is 0 Å². The van der Waals surface area contributed by atoms with Gasteiger partial charge in [-0.2, -0.15) is 0 Å². The summed E-state index contributed by atoms with van der Waals surface area (Å²) in [7, 11) is 0. The number of aliphatic hydroxyl groups is 1. The smallest absolute Gasteiger partial charge is 0.303 e. The first-order chi connectivity index (χ1) is 7.60. The number of nitrogens with one attached hydrogen (secondary N) is 1. The van der Waals surface area contributed by atoms with Crippen LogP contribution in [-0.2, 0) is 10.4 Å². The van der Waals surface area contributed by atoms with Gasteiger partial charge in [-0.1, -0.05) is 0 Å². The molecule has 0 amide bonds. The van der Waals surface area contributed by atoms with Crippen LogP contribution >= 0.6 is 0 Å². The number of aromatic nitrogens is 2.